The topological polar surface area (TPSA) is 59.4 Å². The van der Waals surface area contributed by atoms with Crippen LogP contribution in [0.2, 0.25) is 0 Å². The van der Waals surface area contributed by atoms with E-state index < -0.39 is 0 Å². The Labute approximate surface area is 111 Å². The van der Waals surface area contributed by atoms with Crippen molar-refractivity contribution in [2.24, 2.45) is 0 Å². The lowest BCUT2D eigenvalue weighted by molar-refractivity contribution is 0.104. The first-order valence-electron chi connectivity index (χ1n) is 5.70. The van der Waals surface area contributed by atoms with Crippen molar-refractivity contribution in [3.63, 3.8) is 0 Å². The summed E-state index contributed by atoms with van der Waals surface area (Å²) >= 11 is 0. The standard InChI is InChI=1S/C15H13NO3/c1-19-15-9-12(5-7-14(15)18)13(17)6-4-11-3-2-8-16-10-11/h2-10,18H,1H3. The minimum absolute atomic E-state index is 0.00953. The minimum Gasteiger partial charge on any atom is -0.504 e. The number of benzene rings is 1. The number of methoxy groups -OCH3 is 1. The van der Waals surface area contributed by atoms with Crippen LogP contribution in [-0.2, 0) is 0 Å². The van der Waals surface area contributed by atoms with Gasteiger partial charge in [-0.2, -0.15) is 0 Å². The number of carbonyl (C=O) groups excluding carboxylic acids is 1. The zero-order valence-electron chi connectivity index (χ0n) is 10.4. The molecule has 4 heteroatoms. The monoisotopic (exact) mass is 255 g/mol. The highest BCUT2D eigenvalue weighted by atomic mass is 16.5. The lowest BCUT2D eigenvalue weighted by atomic mass is 10.1. The molecule has 0 spiro atoms. The Morgan fingerprint density at radius 1 is 1.37 bits per heavy atom. The average Bonchev–Trinajstić information content (AvgIpc) is 2.46. The highest BCUT2D eigenvalue weighted by molar-refractivity contribution is 6.07. The van der Waals surface area contributed by atoms with Gasteiger partial charge >= 0.3 is 0 Å². The number of aromatic nitrogens is 1. The minimum atomic E-state index is -0.165. The van der Waals surface area contributed by atoms with Gasteiger partial charge in [-0.05, 0) is 42.0 Å². The number of hydrogen-bond acceptors (Lipinski definition) is 4. The van der Waals surface area contributed by atoms with Crippen LogP contribution in [0.25, 0.3) is 6.08 Å². The third-order valence-corrected chi connectivity index (χ3v) is 2.58. The van der Waals surface area contributed by atoms with Crippen molar-refractivity contribution in [1.29, 1.82) is 0 Å². The number of allylic oxidation sites excluding steroid dienone is 1. The molecule has 4 nitrogen and oxygen atoms in total. The summed E-state index contributed by atoms with van der Waals surface area (Å²) in [5.41, 5.74) is 1.30. The molecule has 0 aliphatic rings. The van der Waals surface area contributed by atoms with Crippen LogP contribution in [0.4, 0.5) is 0 Å². The molecule has 0 aliphatic carbocycles. The number of ketones is 1. The summed E-state index contributed by atoms with van der Waals surface area (Å²) < 4.78 is 4.96. The van der Waals surface area contributed by atoms with Gasteiger partial charge in [0.2, 0.25) is 0 Å². The van der Waals surface area contributed by atoms with Gasteiger partial charge in [-0.1, -0.05) is 6.07 Å². The van der Waals surface area contributed by atoms with Crippen LogP contribution < -0.4 is 4.74 Å². The third-order valence-electron chi connectivity index (χ3n) is 2.58. The number of hydrogen-bond donors (Lipinski definition) is 1. The van der Waals surface area contributed by atoms with Crippen LogP contribution in [-0.4, -0.2) is 23.0 Å². The highest BCUT2D eigenvalue weighted by Crippen LogP contribution is 2.26. The number of ether oxygens (including phenoxy) is 1. The Kier molecular flexibility index (Phi) is 3.93. The van der Waals surface area contributed by atoms with Gasteiger partial charge in [-0.3, -0.25) is 9.78 Å². The summed E-state index contributed by atoms with van der Waals surface area (Å²) in [5, 5.41) is 9.46. The normalized spacial score (nSPS) is 10.6. The van der Waals surface area contributed by atoms with Crippen molar-refractivity contribution in [2.45, 2.75) is 0 Å². The number of phenolic OH excluding ortho intramolecular Hbond substituents is 1. The van der Waals surface area contributed by atoms with Gasteiger partial charge in [0.1, 0.15) is 0 Å². The molecule has 1 N–H and O–H groups in total. The van der Waals surface area contributed by atoms with E-state index in [0.717, 1.165) is 5.56 Å². The molecule has 0 bridgehead atoms. The Hall–Kier alpha value is -2.62. The van der Waals surface area contributed by atoms with Gasteiger partial charge in [-0.15, -0.1) is 0 Å². The van der Waals surface area contributed by atoms with E-state index in [-0.39, 0.29) is 17.3 Å². The predicted molar refractivity (Wildman–Crippen MR) is 72.3 cm³/mol. The van der Waals surface area contributed by atoms with E-state index in [1.807, 2.05) is 6.07 Å². The van der Waals surface area contributed by atoms with E-state index in [9.17, 15) is 9.90 Å². The number of phenols is 1. The Balaban J connectivity index is 2.18. The lowest BCUT2D eigenvalue weighted by Crippen LogP contribution is -1.95. The van der Waals surface area contributed by atoms with E-state index in [1.165, 1.54) is 25.3 Å². The van der Waals surface area contributed by atoms with Gasteiger partial charge in [0, 0.05) is 18.0 Å². The highest BCUT2D eigenvalue weighted by Gasteiger charge is 2.07. The molecule has 0 aliphatic heterocycles. The van der Waals surface area contributed by atoms with E-state index >= 15 is 0 Å². The molecule has 0 radical (unpaired) electrons. The zero-order chi connectivity index (χ0) is 13.7. The van der Waals surface area contributed by atoms with Crippen LogP contribution in [0, 0.1) is 0 Å². The van der Waals surface area contributed by atoms with Crippen LogP contribution >= 0.6 is 0 Å². The van der Waals surface area contributed by atoms with Crippen LogP contribution in [0.15, 0.2) is 48.8 Å². The number of aromatic hydroxyl groups is 1. The average molecular weight is 255 g/mol. The van der Waals surface area contributed by atoms with Gasteiger partial charge in [0.25, 0.3) is 0 Å². The molecule has 0 fully saturated rings. The predicted octanol–water partition coefficient (Wildman–Crippen LogP) is 2.69. The fourth-order valence-electron chi connectivity index (χ4n) is 1.57. The molecule has 0 atom stereocenters. The molecule has 0 amide bonds. The van der Waals surface area contributed by atoms with Gasteiger partial charge < -0.3 is 9.84 Å². The first-order chi connectivity index (χ1) is 9.20. The number of rotatable bonds is 4. The molecule has 0 saturated heterocycles. The van der Waals surface area contributed by atoms with Crippen molar-refractivity contribution in [3.8, 4) is 11.5 Å². The summed E-state index contributed by atoms with van der Waals surface area (Å²) in [5.74, 6) is 0.123. The SMILES string of the molecule is COc1cc(C(=O)C=Cc2cccnc2)ccc1O. The Bertz CT molecular complexity index is 606. The van der Waals surface area contributed by atoms with E-state index in [4.69, 9.17) is 4.74 Å². The first-order valence-corrected chi connectivity index (χ1v) is 5.70. The van der Waals surface area contributed by atoms with Crippen LogP contribution in [0.3, 0.4) is 0 Å². The largest absolute Gasteiger partial charge is 0.504 e. The second-order valence-electron chi connectivity index (χ2n) is 3.87. The second kappa shape index (κ2) is 5.82. The maximum Gasteiger partial charge on any atom is 0.185 e. The lowest BCUT2D eigenvalue weighted by Gasteiger charge is -2.04. The zero-order valence-corrected chi connectivity index (χ0v) is 10.4. The number of pyridine rings is 1. The fourth-order valence-corrected chi connectivity index (χ4v) is 1.57. The summed E-state index contributed by atoms with van der Waals surface area (Å²) in [6, 6.07) is 8.14. The smallest absolute Gasteiger partial charge is 0.185 e. The Morgan fingerprint density at radius 3 is 2.89 bits per heavy atom. The van der Waals surface area contributed by atoms with E-state index in [1.54, 1.807) is 30.6 Å². The van der Waals surface area contributed by atoms with Crippen molar-refractivity contribution >= 4 is 11.9 Å². The molecule has 2 aromatic rings. The fraction of sp³-hybridized carbons (Fsp3) is 0.0667. The van der Waals surface area contributed by atoms with E-state index in [0.29, 0.717) is 5.56 Å². The number of nitrogens with zero attached hydrogens (tertiary/aromatic N) is 1. The van der Waals surface area contributed by atoms with Crippen LogP contribution in [0.5, 0.6) is 11.5 Å². The molecule has 2 rings (SSSR count). The molecule has 0 saturated carbocycles. The van der Waals surface area contributed by atoms with Crippen LogP contribution in [0.1, 0.15) is 15.9 Å². The quantitative estimate of drug-likeness (QED) is 0.674. The van der Waals surface area contributed by atoms with Gasteiger partial charge in [0.05, 0.1) is 7.11 Å². The molecule has 1 heterocycles. The van der Waals surface area contributed by atoms with Crippen molar-refractivity contribution in [3.05, 3.63) is 59.9 Å². The molecule has 1 aromatic heterocycles. The molecule has 1 aromatic carbocycles. The molecule has 19 heavy (non-hydrogen) atoms. The maximum absolute atomic E-state index is 12.0. The third kappa shape index (κ3) is 3.19. The first kappa shape index (κ1) is 12.8. The summed E-state index contributed by atoms with van der Waals surface area (Å²) in [4.78, 5) is 15.9. The summed E-state index contributed by atoms with van der Waals surface area (Å²) in [6.45, 7) is 0. The summed E-state index contributed by atoms with van der Waals surface area (Å²) in [7, 11) is 1.44. The van der Waals surface area contributed by atoms with Crippen molar-refractivity contribution in [1.82, 2.24) is 4.98 Å². The van der Waals surface area contributed by atoms with E-state index in [2.05, 4.69) is 4.98 Å². The number of carbonyl (C=O) groups is 1. The molecule has 96 valence electrons. The van der Waals surface area contributed by atoms with Gasteiger partial charge in [0.15, 0.2) is 17.3 Å². The molecular weight excluding hydrogens is 242 g/mol. The molecular formula is C15H13NO3. The maximum atomic E-state index is 12.0. The second-order valence-corrected chi connectivity index (χ2v) is 3.87. The van der Waals surface area contributed by atoms with Gasteiger partial charge in [-0.25, -0.2) is 0 Å². The Morgan fingerprint density at radius 2 is 2.21 bits per heavy atom. The van der Waals surface area contributed by atoms with Crippen molar-refractivity contribution in [2.75, 3.05) is 7.11 Å². The molecule has 0 unspecified atom stereocenters. The van der Waals surface area contributed by atoms with Crippen molar-refractivity contribution < 1.29 is 14.6 Å². The summed E-state index contributed by atoms with van der Waals surface area (Å²) in [6.07, 6.45) is 6.49.